The van der Waals surface area contributed by atoms with E-state index >= 15 is 0 Å². The van der Waals surface area contributed by atoms with Gasteiger partial charge in [-0.3, -0.25) is 4.79 Å². The number of benzene rings is 2. The molecule has 9 nitrogen and oxygen atoms in total. The maximum absolute atomic E-state index is 12.6. The number of anilines is 1. The summed E-state index contributed by atoms with van der Waals surface area (Å²) >= 11 is 5.98. The minimum Gasteiger partial charge on any atom is -0.493 e. The summed E-state index contributed by atoms with van der Waals surface area (Å²) in [7, 11) is 1.45. The van der Waals surface area contributed by atoms with Crippen LogP contribution in [0.25, 0.3) is 0 Å². The second-order valence-electron chi connectivity index (χ2n) is 7.30. The Labute approximate surface area is 201 Å². The Morgan fingerprint density at radius 2 is 1.97 bits per heavy atom. The van der Waals surface area contributed by atoms with E-state index in [1.807, 2.05) is 13.0 Å². The molecule has 2 aromatic carbocycles. The van der Waals surface area contributed by atoms with E-state index in [-0.39, 0.29) is 22.8 Å². The summed E-state index contributed by atoms with van der Waals surface area (Å²) in [6.45, 7) is 5.27. The first-order valence-corrected chi connectivity index (χ1v) is 10.5. The summed E-state index contributed by atoms with van der Waals surface area (Å²) in [5.74, 6) is 0.136. The summed E-state index contributed by atoms with van der Waals surface area (Å²) in [4.78, 5) is 25.0. The van der Waals surface area contributed by atoms with Crippen LogP contribution in [0, 0.1) is 25.2 Å². The summed E-state index contributed by atoms with van der Waals surface area (Å²) < 4.78 is 21.6. The van der Waals surface area contributed by atoms with Crippen molar-refractivity contribution in [2.75, 3.05) is 12.4 Å². The Balaban J connectivity index is 1.64. The Morgan fingerprint density at radius 1 is 1.21 bits per heavy atom. The molecule has 1 N–H and O–H groups in total. The van der Waals surface area contributed by atoms with Crippen molar-refractivity contribution in [3.8, 4) is 17.6 Å². The van der Waals surface area contributed by atoms with Crippen LogP contribution in [0.1, 0.15) is 39.9 Å². The van der Waals surface area contributed by atoms with Crippen molar-refractivity contribution >= 4 is 29.2 Å². The molecule has 3 aromatic rings. The molecule has 176 valence electrons. The second-order valence-corrected chi connectivity index (χ2v) is 7.71. The molecule has 1 heterocycles. The summed E-state index contributed by atoms with van der Waals surface area (Å²) in [6.07, 6.45) is -1.09. The van der Waals surface area contributed by atoms with Gasteiger partial charge in [0, 0.05) is 5.69 Å². The van der Waals surface area contributed by atoms with E-state index in [0.29, 0.717) is 22.9 Å². The lowest BCUT2D eigenvalue weighted by molar-refractivity contribution is -0.123. The third kappa shape index (κ3) is 5.66. The number of rotatable bonds is 8. The lowest BCUT2D eigenvalue weighted by Gasteiger charge is -2.15. The maximum atomic E-state index is 12.6. The van der Waals surface area contributed by atoms with Gasteiger partial charge in [-0.05, 0) is 57.2 Å². The first-order valence-electron chi connectivity index (χ1n) is 10.2. The predicted molar refractivity (Wildman–Crippen MR) is 123 cm³/mol. The van der Waals surface area contributed by atoms with Crippen LogP contribution in [-0.2, 0) is 16.1 Å². The van der Waals surface area contributed by atoms with Crippen LogP contribution in [0.2, 0.25) is 5.02 Å². The normalized spacial score (nSPS) is 11.3. The molecule has 3 rings (SSSR count). The first kappa shape index (κ1) is 24.6. The van der Waals surface area contributed by atoms with Crippen molar-refractivity contribution in [1.29, 1.82) is 5.26 Å². The molecule has 0 bridgehead atoms. The smallest absolute Gasteiger partial charge is 0.339 e. The highest BCUT2D eigenvalue weighted by atomic mass is 35.5. The van der Waals surface area contributed by atoms with Gasteiger partial charge in [-0.1, -0.05) is 16.8 Å². The van der Waals surface area contributed by atoms with E-state index in [0.717, 1.165) is 11.3 Å². The molecule has 1 atom stereocenters. The van der Waals surface area contributed by atoms with Crippen LogP contribution in [-0.4, -0.2) is 30.2 Å². The van der Waals surface area contributed by atoms with E-state index in [2.05, 4.69) is 10.5 Å². The second kappa shape index (κ2) is 10.7. The minimum atomic E-state index is -1.09. The average Bonchev–Trinajstić information content (AvgIpc) is 3.14. The van der Waals surface area contributed by atoms with Crippen molar-refractivity contribution in [2.24, 2.45) is 0 Å². The maximum Gasteiger partial charge on any atom is 0.339 e. The van der Waals surface area contributed by atoms with Crippen LogP contribution < -0.4 is 14.8 Å². The van der Waals surface area contributed by atoms with Gasteiger partial charge in [-0.15, -0.1) is 0 Å². The molecule has 0 spiro atoms. The molecular weight excluding hydrogens is 462 g/mol. The number of ether oxygens (including phenoxy) is 3. The van der Waals surface area contributed by atoms with Gasteiger partial charge in [-0.25, -0.2) is 4.79 Å². The van der Waals surface area contributed by atoms with Crippen LogP contribution in [0.5, 0.6) is 11.5 Å². The molecule has 1 unspecified atom stereocenters. The van der Waals surface area contributed by atoms with Gasteiger partial charge in [0.05, 0.1) is 34.5 Å². The van der Waals surface area contributed by atoms with Crippen LogP contribution >= 0.6 is 11.6 Å². The van der Waals surface area contributed by atoms with Crippen molar-refractivity contribution in [3.63, 3.8) is 0 Å². The van der Waals surface area contributed by atoms with E-state index < -0.39 is 18.0 Å². The zero-order valence-corrected chi connectivity index (χ0v) is 19.7. The average molecular weight is 484 g/mol. The monoisotopic (exact) mass is 483 g/mol. The highest BCUT2D eigenvalue weighted by Gasteiger charge is 2.21. The van der Waals surface area contributed by atoms with E-state index in [1.54, 1.807) is 13.0 Å². The number of halogens is 1. The fraction of sp³-hybridized carbons (Fsp3) is 0.250. The highest BCUT2D eigenvalue weighted by molar-refractivity contribution is 6.32. The van der Waals surface area contributed by atoms with Gasteiger partial charge >= 0.3 is 5.97 Å². The third-order valence-electron chi connectivity index (χ3n) is 4.96. The molecule has 34 heavy (non-hydrogen) atoms. The van der Waals surface area contributed by atoms with Crippen molar-refractivity contribution < 1.29 is 28.3 Å². The number of hydrogen-bond acceptors (Lipinski definition) is 8. The van der Waals surface area contributed by atoms with Gasteiger partial charge in [-0.2, -0.15) is 5.26 Å². The number of carbonyl (C=O) groups excluding carboxylic acids is 2. The topological polar surface area (TPSA) is 124 Å². The van der Waals surface area contributed by atoms with E-state index in [1.165, 1.54) is 44.4 Å². The fourth-order valence-electron chi connectivity index (χ4n) is 2.98. The summed E-state index contributed by atoms with van der Waals surface area (Å²) in [6, 6.07) is 11.0. The molecule has 0 aliphatic heterocycles. The number of hydrogen-bond donors (Lipinski definition) is 1. The molecule has 1 aromatic heterocycles. The third-order valence-corrected chi connectivity index (χ3v) is 5.28. The largest absolute Gasteiger partial charge is 0.493 e. The number of aromatic nitrogens is 1. The number of nitrogens with one attached hydrogen (secondary N) is 1. The molecular formula is C24H22ClN3O6. The minimum absolute atomic E-state index is 0.183. The van der Waals surface area contributed by atoms with E-state index in [4.69, 9.17) is 35.6 Å². The fourth-order valence-corrected chi connectivity index (χ4v) is 3.20. The SMILES string of the molecule is COc1cc(C(=O)OC(C)C(=O)Nc2ccc(C#N)c(Cl)c2)ccc1OCc1c(C)noc1C. The Hall–Kier alpha value is -4.03. The number of methoxy groups -OCH3 is 1. The lowest BCUT2D eigenvalue weighted by atomic mass is 10.2. The van der Waals surface area contributed by atoms with Gasteiger partial charge in [0.15, 0.2) is 17.6 Å². The Bertz CT molecular complexity index is 1240. The molecule has 0 aliphatic rings. The molecule has 10 heteroatoms. The number of aryl methyl sites for hydroxylation is 2. The van der Waals surface area contributed by atoms with Gasteiger partial charge < -0.3 is 24.1 Å². The Morgan fingerprint density at radius 3 is 2.59 bits per heavy atom. The Kier molecular flexibility index (Phi) is 7.76. The quantitative estimate of drug-likeness (QED) is 0.461. The highest BCUT2D eigenvalue weighted by Crippen LogP contribution is 2.30. The molecule has 0 radical (unpaired) electrons. The molecule has 0 aliphatic carbocycles. The molecule has 0 saturated heterocycles. The van der Waals surface area contributed by atoms with Gasteiger partial charge in [0.25, 0.3) is 5.91 Å². The van der Waals surface area contributed by atoms with Crippen LogP contribution in [0.3, 0.4) is 0 Å². The summed E-state index contributed by atoms with van der Waals surface area (Å²) in [5.41, 5.74) is 2.40. The number of esters is 1. The zero-order valence-electron chi connectivity index (χ0n) is 19.0. The predicted octanol–water partition coefficient (Wildman–Crippen LogP) is 4.59. The molecule has 1 amide bonds. The van der Waals surface area contributed by atoms with Gasteiger partial charge in [0.2, 0.25) is 0 Å². The van der Waals surface area contributed by atoms with Crippen molar-refractivity contribution in [3.05, 3.63) is 69.6 Å². The van der Waals surface area contributed by atoms with Gasteiger partial charge in [0.1, 0.15) is 18.4 Å². The zero-order chi connectivity index (χ0) is 24.8. The van der Waals surface area contributed by atoms with Crippen LogP contribution in [0.15, 0.2) is 40.9 Å². The lowest BCUT2D eigenvalue weighted by Crippen LogP contribution is -2.30. The first-order chi connectivity index (χ1) is 16.2. The standard InChI is InChI=1S/C24H22ClN3O6/c1-13-19(14(2)34-28-13)12-32-21-8-6-16(9-22(21)31-4)24(30)33-15(3)23(29)27-18-7-5-17(11-26)20(25)10-18/h5-10,15H,12H2,1-4H3,(H,27,29). The van der Waals surface area contributed by atoms with Crippen molar-refractivity contribution in [2.45, 2.75) is 33.5 Å². The van der Waals surface area contributed by atoms with E-state index in [9.17, 15) is 9.59 Å². The number of nitrogens with zero attached hydrogens (tertiary/aromatic N) is 2. The number of nitriles is 1. The molecule has 0 fully saturated rings. The number of amides is 1. The van der Waals surface area contributed by atoms with Crippen molar-refractivity contribution in [1.82, 2.24) is 5.16 Å². The molecule has 0 saturated carbocycles. The summed E-state index contributed by atoms with van der Waals surface area (Å²) in [5, 5.41) is 15.6. The number of carbonyl (C=O) groups is 2. The van der Waals surface area contributed by atoms with Crippen LogP contribution in [0.4, 0.5) is 5.69 Å².